The van der Waals surface area contributed by atoms with Gasteiger partial charge in [0.2, 0.25) is 5.91 Å². The molecule has 2 amide bonds. The summed E-state index contributed by atoms with van der Waals surface area (Å²) in [5.74, 6) is -3.49. The van der Waals surface area contributed by atoms with Crippen molar-refractivity contribution in [3.63, 3.8) is 0 Å². The van der Waals surface area contributed by atoms with Gasteiger partial charge in [-0.3, -0.25) is 14.4 Å². The topological polar surface area (TPSA) is 117 Å². The number of rotatable bonds is 10. The number of anilines is 1. The molecule has 4 rings (SSSR count). The van der Waals surface area contributed by atoms with Gasteiger partial charge < -0.3 is 29.5 Å². The van der Waals surface area contributed by atoms with E-state index in [0.717, 1.165) is 0 Å². The van der Waals surface area contributed by atoms with E-state index in [4.69, 9.17) is 9.47 Å². The quantitative estimate of drug-likeness (QED) is 0.474. The van der Waals surface area contributed by atoms with Crippen molar-refractivity contribution in [2.24, 2.45) is 17.8 Å². The number of fused-ring (bicyclic) bond motifs is 1. The predicted molar refractivity (Wildman–Crippen MR) is 133 cm³/mol. The molecule has 2 N–H and O–H groups in total. The third kappa shape index (κ3) is 3.63. The smallest absolute Gasteiger partial charge is 0.310 e. The molecule has 36 heavy (non-hydrogen) atoms. The Morgan fingerprint density at radius 1 is 1.31 bits per heavy atom. The molecule has 2 bridgehead atoms. The van der Waals surface area contributed by atoms with E-state index in [1.807, 2.05) is 20.8 Å². The minimum atomic E-state index is -1.28. The second-order valence-electron chi connectivity index (χ2n) is 10.3. The predicted octanol–water partition coefficient (Wildman–Crippen LogP) is 2.47. The highest BCUT2D eigenvalue weighted by Gasteiger charge is 2.79. The van der Waals surface area contributed by atoms with Gasteiger partial charge in [-0.2, -0.15) is 0 Å². The molecule has 0 aliphatic carbocycles. The number of carboxylic acid groups (broad SMARTS) is 1. The largest absolute Gasteiger partial charge is 0.497 e. The van der Waals surface area contributed by atoms with Crippen LogP contribution in [0.5, 0.6) is 5.75 Å². The van der Waals surface area contributed by atoms with Crippen LogP contribution in [0.1, 0.15) is 40.0 Å². The van der Waals surface area contributed by atoms with Crippen LogP contribution in [0.25, 0.3) is 0 Å². The van der Waals surface area contributed by atoms with Crippen molar-refractivity contribution in [1.82, 2.24) is 4.90 Å². The summed E-state index contributed by atoms with van der Waals surface area (Å²) in [4.78, 5) is 43.9. The molecule has 1 aromatic rings. The van der Waals surface area contributed by atoms with Gasteiger partial charge in [-0.25, -0.2) is 0 Å². The van der Waals surface area contributed by atoms with E-state index < -0.39 is 47.0 Å². The molecule has 3 aliphatic heterocycles. The number of carbonyl (C=O) groups excluding carboxylic acids is 2. The molecule has 6 atom stereocenters. The molecule has 3 fully saturated rings. The second kappa shape index (κ2) is 9.52. The lowest BCUT2D eigenvalue weighted by atomic mass is 9.65. The zero-order valence-corrected chi connectivity index (χ0v) is 21.3. The van der Waals surface area contributed by atoms with Gasteiger partial charge in [-0.1, -0.05) is 26.8 Å². The fraction of sp³-hybridized carbons (Fsp3) is 0.593. The van der Waals surface area contributed by atoms with Crippen LogP contribution in [0.15, 0.2) is 36.9 Å². The third-order valence-corrected chi connectivity index (χ3v) is 8.39. The number of likely N-dealkylation sites (tertiary alicyclic amines) is 1. The lowest BCUT2D eigenvalue weighted by molar-refractivity contribution is -0.158. The van der Waals surface area contributed by atoms with Crippen molar-refractivity contribution >= 4 is 23.5 Å². The number of amides is 2. The number of ether oxygens (including phenoxy) is 2. The molecule has 3 aliphatic rings. The van der Waals surface area contributed by atoms with Crippen molar-refractivity contribution in [2.45, 2.75) is 63.3 Å². The number of nitrogens with zero attached hydrogens (tertiary/aromatic N) is 2. The lowest BCUT2D eigenvalue weighted by Gasteiger charge is -2.40. The summed E-state index contributed by atoms with van der Waals surface area (Å²) in [7, 11) is 1.56. The molecule has 0 aromatic heterocycles. The number of methoxy groups -OCH3 is 1. The molecule has 0 saturated carbocycles. The van der Waals surface area contributed by atoms with Crippen molar-refractivity contribution < 1.29 is 34.1 Å². The monoisotopic (exact) mass is 500 g/mol. The molecule has 9 heteroatoms. The Hall–Kier alpha value is -2.91. The highest BCUT2D eigenvalue weighted by molar-refractivity contribution is 6.05. The Labute approximate surface area is 211 Å². The van der Waals surface area contributed by atoms with Crippen LogP contribution in [-0.2, 0) is 19.1 Å². The highest BCUT2D eigenvalue weighted by atomic mass is 16.5. The zero-order chi connectivity index (χ0) is 26.4. The summed E-state index contributed by atoms with van der Waals surface area (Å²) in [6, 6.07) is 5.25. The molecule has 1 spiro atoms. The summed E-state index contributed by atoms with van der Waals surface area (Å²) in [5, 5.41) is 20.5. The Bertz CT molecular complexity index is 1040. The van der Waals surface area contributed by atoms with Crippen molar-refractivity contribution in [2.75, 3.05) is 25.2 Å². The maximum atomic E-state index is 14.4. The number of aliphatic hydroxyl groups excluding tert-OH is 1. The summed E-state index contributed by atoms with van der Waals surface area (Å²) in [6.07, 6.45) is 2.88. The van der Waals surface area contributed by atoms with E-state index in [0.29, 0.717) is 30.7 Å². The van der Waals surface area contributed by atoms with Crippen molar-refractivity contribution in [1.29, 1.82) is 0 Å². The molecule has 0 radical (unpaired) electrons. The van der Waals surface area contributed by atoms with Crippen LogP contribution >= 0.6 is 0 Å². The summed E-state index contributed by atoms with van der Waals surface area (Å²) >= 11 is 0. The minimum Gasteiger partial charge on any atom is -0.497 e. The van der Waals surface area contributed by atoms with Crippen LogP contribution in [-0.4, -0.2) is 76.4 Å². The summed E-state index contributed by atoms with van der Waals surface area (Å²) < 4.78 is 11.8. The minimum absolute atomic E-state index is 0.168. The van der Waals surface area contributed by atoms with Gasteiger partial charge in [0, 0.05) is 12.2 Å². The first-order chi connectivity index (χ1) is 17.1. The molecular formula is C27H36N2O7. The fourth-order valence-electron chi connectivity index (χ4n) is 6.65. The SMILES string of the molecule is C=CCN(C(=O)C1N([C@@H](CO)C(C)C)C(=O)[C@@H]2[C@@H](C(=O)O)[C@@]3(CC)CCC12O3)c1ccc(OC)cc1. The normalized spacial score (nSPS) is 31.4. The van der Waals surface area contributed by atoms with Crippen LogP contribution in [0.4, 0.5) is 5.69 Å². The Kier molecular flexibility index (Phi) is 6.92. The summed E-state index contributed by atoms with van der Waals surface area (Å²) in [5.41, 5.74) is -1.68. The maximum Gasteiger partial charge on any atom is 0.310 e. The average Bonchev–Trinajstić information content (AvgIpc) is 3.46. The zero-order valence-electron chi connectivity index (χ0n) is 21.3. The van der Waals surface area contributed by atoms with Crippen LogP contribution in [0.3, 0.4) is 0 Å². The number of benzene rings is 1. The lowest BCUT2D eigenvalue weighted by Crippen LogP contribution is -2.60. The number of aliphatic hydroxyl groups is 1. The van der Waals surface area contributed by atoms with E-state index in [9.17, 15) is 24.6 Å². The Morgan fingerprint density at radius 2 is 1.97 bits per heavy atom. The van der Waals surface area contributed by atoms with E-state index in [2.05, 4.69) is 6.58 Å². The first kappa shape index (κ1) is 26.2. The summed E-state index contributed by atoms with van der Waals surface area (Å²) in [6.45, 7) is 9.23. The Balaban J connectivity index is 1.86. The molecule has 196 valence electrons. The van der Waals surface area contributed by atoms with Gasteiger partial charge in [-0.15, -0.1) is 6.58 Å². The first-order valence-electron chi connectivity index (χ1n) is 12.5. The second-order valence-corrected chi connectivity index (χ2v) is 10.3. The van der Waals surface area contributed by atoms with Gasteiger partial charge in [0.25, 0.3) is 5.91 Å². The van der Waals surface area contributed by atoms with Gasteiger partial charge in [0.15, 0.2) is 0 Å². The highest BCUT2D eigenvalue weighted by Crippen LogP contribution is 2.64. The molecule has 3 saturated heterocycles. The van der Waals surface area contributed by atoms with Gasteiger partial charge in [0.1, 0.15) is 23.3 Å². The molecule has 2 unspecified atom stereocenters. The standard InChI is InChI=1S/C27H36N2O7/c1-6-14-28(17-8-10-18(35-5)11-9-17)24(32)22-27-13-12-26(7-2,36-27)21(25(33)34)20(27)23(31)29(22)19(15-30)16(3)4/h6,8-11,16,19-22,30H,1,7,12-15H2,2-5H3,(H,33,34)/t19-,20-,21-,22?,26+,27?/m0/s1. The number of hydrogen-bond donors (Lipinski definition) is 2. The van der Waals surface area contributed by atoms with Crippen LogP contribution in [0, 0.1) is 17.8 Å². The molecular weight excluding hydrogens is 464 g/mol. The number of carboxylic acids is 1. The van der Waals surface area contributed by atoms with Crippen molar-refractivity contribution in [3.8, 4) is 5.75 Å². The van der Waals surface area contributed by atoms with E-state index in [1.165, 1.54) is 9.80 Å². The van der Waals surface area contributed by atoms with Crippen LogP contribution in [0.2, 0.25) is 0 Å². The number of carbonyl (C=O) groups is 3. The number of aliphatic carboxylic acids is 1. The van der Waals surface area contributed by atoms with E-state index in [1.54, 1.807) is 37.5 Å². The number of hydrogen-bond acceptors (Lipinski definition) is 6. The average molecular weight is 501 g/mol. The van der Waals surface area contributed by atoms with E-state index in [-0.39, 0.29) is 25.0 Å². The van der Waals surface area contributed by atoms with Gasteiger partial charge in [-0.05, 0) is 49.4 Å². The van der Waals surface area contributed by atoms with Crippen molar-refractivity contribution in [3.05, 3.63) is 36.9 Å². The molecule has 1 aromatic carbocycles. The molecule has 3 heterocycles. The van der Waals surface area contributed by atoms with E-state index >= 15 is 0 Å². The Morgan fingerprint density at radius 3 is 2.47 bits per heavy atom. The fourth-order valence-corrected chi connectivity index (χ4v) is 6.65. The third-order valence-electron chi connectivity index (χ3n) is 8.39. The van der Waals surface area contributed by atoms with Gasteiger partial charge in [0.05, 0.1) is 31.3 Å². The molecule has 9 nitrogen and oxygen atoms in total. The maximum absolute atomic E-state index is 14.4. The first-order valence-corrected chi connectivity index (χ1v) is 12.5. The van der Waals surface area contributed by atoms with Crippen LogP contribution < -0.4 is 9.64 Å². The van der Waals surface area contributed by atoms with Gasteiger partial charge >= 0.3 is 5.97 Å².